The maximum atomic E-state index is 12.6. The Bertz CT molecular complexity index is 610. The predicted molar refractivity (Wildman–Crippen MR) is 115 cm³/mol. The van der Waals surface area contributed by atoms with Gasteiger partial charge in [-0.15, -0.1) is 23.5 Å². The molecule has 7 nitrogen and oxygen atoms in total. The smallest absolute Gasteiger partial charge is 0.340 e. The second-order valence-electron chi connectivity index (χ2n) is 6.65. The molecule has 166 valence electrons. The third-order valence-corrected chi connectivity index (χ3v) is 7.29. The first-order valence-corrected chi connectivity index (χ1v) is 11.6. The van der Waals surface area contributed by atoms with E-state index < -0.39 is 23.2 Å². The summed E-state index contributed by atoms with van der Waals surface area (Å²) in [7, 11) is 1.21. The van der Waals surface area contributed by atoms with Crippen molar-refractivity contribution in [1.29, 1.82) is 0 Å². The molecule has 0 fully saturated rings. The van der Waals surface area contributed by atoms with Crippen LogP contribution in [0, 0.1) is 0 Å². The SMILES string of the molecule is CCC[C@@H](CCO)Sc1c(O)c(O)c(O)c(S[C@@H](CCC)CCO)c1C(=O)OC. The van der Waals surface area contributed by atoms with Crippen LogP contribution in [0.1, 0.15) is 62.7 Å². The molecule has 0 heterocycles. The molecule has 1 rings (SSSR count). The van der Waals surface area contributed by atoms with Crippen molar-refractivity contribution in [3.63, 3.8) is 0 Å². The normalized spacial score (nSPS) is 13.3. The highest BCUT2D eigenvalue weighted by atomic mass is 32.2. The topological polar surface area (TPSA) is 127 Å². The second-order valence-corrected chi connectivity index (χ2v) is 9.27. The second kappa shape index (κ2) is 13.1. The van der Waals surface area contributed by atoms with Gasteiger partial charge in [0.05, 0.1) is 22.5 Å². The highest BCUT2D eigenvalue weighted by Crippen LogP contribution is 2.53. The lowest BCUT2D eigenvalue weighted by Gasteiger charge is -2.23. The van der Waals surface area contributed by atoms with Crippen LogP contribution in [-0.2, 0) is 4.74 Å². The lowest BCUT2D eigenvalue weighted by molar-refractivity contribution is 0.0590. The number of rotatable bonds is 13. The molecular weight excluding hydrogens is 416 g/mol. The lowest BCUT2D eigenvalue weighted by Crippen LogP contribution is -2.12. The molecule has 0 unspecified atom stereocenters. The fraction of sp³-hybridized carbons (Fsp3) is 0.650. The van der Waals surface area contributed by atoms with Crippen molar-refractivity contribution in [3.8, 4) is 17.2 Å². The fourth-order valence-electron chi connectivity index (χ4n) is 2.97. The first-order valence-electron chi connectivity index (χ1n) is 9.80. The molecule has 9 heteroatoms. The summed E-state index contributed by atoms with van der Waals surface area (Å²) < 4.78 is 4.90. The number of esters is 1. The molecule has 0 saturated carbocycles. The van der Waals surface area contributed by atoms with Gasteiger partial charge in [0.2, 0.25) is 5.75 Å². The average Bonchev–Trinajstić information content (AvgIpc) is 2.70. The molecule has 1 aromatic carbocycles. The Kier molecular flexibility index (Phi) is 11.6. The van der Waals surface area contributed by atoms with E-state index in [2.05, 4.69) is 0 Å². The van der Waals surface area contributed by atoms with E-state index in [1.807, 2.05) is 13.8 Å². The summed E-state index contributed by atoms with van der Waals surface area (Å²) in [6.45, 7) is 3.89. The molecule has 2 atom stereocenters. The van der Waals surface area contributed by atoms with Crippen LogP contribution in [0.15, 0.2) is 9.79 Å². The predicted octanol–water partition coefficient (Wildman–Crippen LogP) is 3.88. The van der Waals surface area contributed by atoms with Crippen LogP contribution in [0.3, 0.4) is 0 Å². The number of carbonyl (C=O) groups is 1. The molecule has 0 amide bonds. The molecule has 0 radical (unpaired) electrons. The molecule has 5 N–H and O–H groups in total. The monoisotopic (exact) mass is 448 g/mol. The number of phenols is 3. The summed E-state index contributed by atoms with van der Waals surface area (Å²) in [6.07, 6.45) is 4.05. The summed E-state index contributed by atoms with van der Waals surface area (Å²) in [6, 6.07) is 0. The summed E-state index contributed by atoms with van der Waals surface area (Å²) in [5.41, 5.74) is -0.00612. The number of carbonyl (C=O) groups excluding carboxylic acids is 1. The van der Waals surface area contributed by atoms with Crippen LogP contribution in [0.5, 0.6) is 17.2 Å². The van der Waals surface area contributed by atoms with E-state index in [4.69, 9.17) is 4.74 Å². The van der Waals surface area contributed by atoms with Crippen LogP contribution in [-0.4, -0.2) is 62.3 Å². The number of ether oxygens (including phenoxy) is 1. The van der Waals surface area contributed by atoms with E-state index in [1.54, 1.807) is 0 Å². The van der Waals surface area contributed by atoms with Crippen molar-refractivity contribution in [2.24, 2.45) is 0 Å². The minimum absolute atomic E-state index is 0.00612. The van der Waals surface area contributed by atoms with Crippen molar-refractivity contribution in [2.45, 2.75) is 72.7 Å². The standard InChI is InChI=1S/C20H32O7S2/c1-4-6-12(8-10-21)28-18-14(20(26)27-3)19(17(25)15(23)16(18)24)29-13(7-5-2)9-11-22/h12-13,21-25H,4-11H2,1-3H3/t12-,13-/m0/s1. The zero-order chi connectivity index (χ0) is 22.0. The zero-order valence-corrected chi connectivity index (χ0v) is 18.8. The summed E-state index contributed by atoms with van der Waals surface area (Å²) in [4.78, 5) is 12.9. The maximum absolute atomic E-state index is 12.6. The largest absolute Gasteiger partial charge is 0.503 e. The average molecular weight is 449 g/mol. The van der Waals surface area contributed by atoms with Crippen LogP contribution in [0.4, 0.5) is 0 Å². The highest BCUT2D eigenvalue weighted by molar-refractivity contribution is 8.01. The zero-order valence-electron chi connectivity index (χ0n) is 17.2. The Morgan fingerprint density at radius 1 is 0.828 bits per heavy atom. The number of aliphatic hydroxyl groups is 2. The number of aromatic hydroxyl groups is 3. The Morgan fingerprint density at radius 3 is 1.55 bits per heavy atom. The van der Waals surface area contributed by atoms with Gasteiger partial charge in [0.1, 0.15) is 0 Å². The van der Waals surface area contributed by atoms with Crippen molar-refractivity contribution in [3.05, 3.63) is 5.56 Å². The molecule has 0 spiro atoms. The van der Waals surface area contributed by atoms with E-state index in [0.717, 1.165) is 25.7 Å². The number of aliphatic hydroxyl groups excluding tert-OH is 2. The number of thioether (sulfide) groups is 2. The third-order valence-electron chi connectivity index (χ3n) is 4.41. The van der Waals surface area contributed by atoms with E-state index in [1.165, 1.54) is 30.6 Å². The number of hydrogen-bond donors (Lipinski definition) is 5. The number of hydrogen-bond acceptors (Lipinski definition) is 9. The summed E-state index contributed by atoms with van der Waals surface area (Å²) in [5.74, 6) is -2.59. The van der Waals surface area contributed by atoms with E-state index in [-0.39, 0.29) is 39.1 Å². The van der Waals surface area contributed by atoms with Crippen LogP contribution in [0.25, 0.3) is 0 Å². The van der Waals surface area contributed by atoms with Crippen molar-refractivity contribution in [1.82, 2.24) is 0 Å². The van der Waals surface area contributed by atoms with Gasteiger partial charge in [-0.2, -0.15) is 0 Å². The molecular formula is C20H32O7S2. The van der Waals surface area contributed by atoms with Gasteiger partial charge in [-0.3, -0.25) is 0 Å². The molecule has 0 saturated heterocycles. The lowest BCUT2D eigenvalue weighted by atomic mass is 10.1. The summed E-state index contributed by atoms with van der Waals surface area (Å²) in [5, 5.41) is 49.8. The maximum Gasteiger partial charge on any atom is 0.340 e. The Morgan fingerprint density at radius 2 is 1.24 bits per heavy atom. The number of phenolic OH excluding ortho intramolecular Hbond substituents is 3. The fourth-order valence-corrected chi connectivity index (χ4v) is 5.88. The number of methoxy groups -OCH3 is 1. The van der Waals surface area contributed by atoms with Crippen LogP contribution in [0.2, 0.25) is 0 Å². The Balaban J connectivity index is 3.57. The van der Waals surface area contributed by atoms with Gasteiger partial charge in [-0.1, -0.05) is 26.7 Å². The summed E-state index contributed by atoms with van der Waals surface area (Å²) >= 11 is 2.36. The van der Waals surface area contributed by atoms with Gasteiger partial charge in [-0.05, 0) is 25.7 Å². The molecule has 0 aliphatic heterocycles. The van der Waals surface area contributed by atoms with E-state index in [0.29, 0.717) is 12.8 Å². The first kappa shape index (κ1) is 25.7. The van der Waals surface area contributed by atoms with E-state index >= 15 is 0 Å². The Labute approximate surface area is 180 Å². The molecule has 0 aromatic heterocycles. The van der Waals surface area contributed by atoms with Gasteiger partial charge in [0, 0.05) is 23.7 Å². The van der Waals surface area contributed by atoms with Gasteiger partial charge < -0.3 is 30.3 Å². The van der Waals surface area contributed by atoms with Gasteiger partial charge in [-0.25, -0.2) is 4.79 Å². The van der Waals surface area contributed by atoms with Gasteiger partial charge in [0.25, 0.3) is 0 Å². The molecule has 1 aromatic rings. The quantitative estimate of drug-likeness (QED) is 0.173. The van der Waals surface area contributed by atoms with Crippen molar-refractivity contribution >= 4 is 29.5 Å². The Hall–Kier alpha value is -1.29. The third kappa shape index (κ3) is 6.87. The minimum Gasteiger partial charge on any atom is -0.503 e. The first-order chi connectivity index (χ1) is 13.9. The van der Waals surface area contributed by atoms with Crippen molar-refractivity contribution < 1.29 is 35.1 Å². The van der Waals surface area contributed by atoms with Crippen LogP contribution >= 0.6 is 23.5 Å². The number of benzene rings is 1. The molecule has 0 aliphatic rings. The highest BCUT2D eigenvalue weighted by Gasteiger charge is 2.31. The van der Waals surface area contributed by atoms with Crippen LogP contribution < -0.4 is 0 Å². The van der Waals surface area contributed by atoms with Gasteiger partial charge in [0.15, 0.2) is 11.5 Å². The minimum atomic E-state index is -0.737. The van der Waals surface area contributed by atoms with Crippen molar-refractivity contribution in [2.75, 3.05) is 20.3 Å². The van der Waals surface area contributed by atoms with E-state index in [9.17, 15) is 30.3 Å². The van der Waals surface area contributed by atoms with Gasteiger partial charge >= 0.3 is 5.97 Å². The molecule has 0 aliphatic carbocycles. The molecule has 0 bridgehead atoms. The molecule has 29 heavy (non-hydrogen) atoms.